The highest BCUT2D eigenvalue weighted by molar-refractivity contribution is 9.10. The largest absolute Gasteiger partial charge is 0.326 e. The van der Waals surface area contributed by atoms with Crippen molar-refractivity contribution >= 4 is 66.8 Å². The molecule has 1 N–H and O–H groups in total. The van der Waals surface area contributed by atoms with Gasteiger partial charge in [-0.3, -0.25) is 14.5 Å². The van der Waals surface area contributed by atoms with E-state index in [1.54, 1.807) is 23.2 Å². The van der Waals surface area contributed by atoms with Crippen LogP contribution in [0.25, 0.3) is 0 Å². The van der Waals surface area contributed by atoms with Crippen LogP contribution in [0.1, 0.15) is 13.3 Å². The van der Waals surface area contributed by atoms with Gasteiger partial charge in [0.25, 0.3) is 0 Å². The molecule has 3 rings (SSSR count). The summed E-state index contributed by atoms with van der Waals surface area (Å²) in [6.07, 6.45) is 1.78. The molecule has 2 aromatic rings. The van der Waals surface area contributed by atoms with Crippen LogP contribution < -0.4 is 5.32 Å². The Labute approximate surface area is 161 Å². The van der Waals surface area contributed by atoms with Crippen molar-refractivity contribution in [2.75, 3.05) is 11.9 Å². The fourth-order valence-electron chi connectivity index (χ4n) is 2.28. The highest BCUT2D eigenvalue weighted by Crippen LogP contribution is 2.32. The molecule has 1 fully saturated rings. The molecule has 1 atom stereocenters. The minimum atomic E-state index is -0.464. The molecule has 130 valence electrons. The number of amidine groups is 1. The normalized spacial score (nSPS) is 18.8. The maximum Gasteiger partial charge on any atom is 0.242 e. The number of thiazole rings is 1. The summed E-state index contributed by atoms with van der Waals surface area (Å²) in [5.41, 5.74) is 0.702. The SMILES string of the molecule is CCN1C(=O)C(CC(=O)Nc2ccc(Br)cc2)SC1=Nc1nccs1. The number of nitrogens with one attached hydrogen (secondary N) is 1. The first-order valence-electron chi connectivity index (χ1n) is 7.58. The summed E-state index contributed by atoms with van der Waals surface area (Å²) in [5.74, 6) is -0.284. The molecule has 25 heavy (non-hydrogen) atoms. The van der Waals surface area contributed by atoms with Crippen molar-refractivity contribution in [1.29, 1.82) is 0 Å². The third kappa shape index (κ3) is 4.47. The summed E-state index contributed by atoms with van der Waals surface area (Å²) >= 11 is 6.08. The van der Waals surface area contributed by atoms with E-state index in [-0.39, 0.29) is 18.2 Å². The van der Waals surface area contributed by atoms with Crippen molar-refractivity contribution in [3.05, 3.63) is 40.3 Å². The van der Waals surface area contributed by atoms with E-state index in [0.717, 1.165) is 4.47 Å². The molecule has 1 aliphatic heterocycles. The Hall–Kier alpha value is -1.71. The Balaban J connectivity index is 1.67. The fraction of sp³-hybridized carbons (Fsp3) is 0.250. The number of aliphatic imine (C=N–C) groups is 1. The van der Waals surface area contributed by atoms with Crippen molar-refractivity contribution in [2.45, 2.75) is 18.6 Å². The maximum atomic E-state index is 12.5. The second-order valence-electron chi connectivity index (χ2n) is 5.16. The predicted molar refractivity (Wildman–Crippen MR) is 105 cm³/mol. The number of nitrogens with zero attached hydrogens (tertiary/aromatic N) is 3. The third-order valence-corrected chi connectivity index (χ3v) is 5.81. The Morgan fingerprint density at radius 2 is 2.16 bits per heavy atom. The number of aromatic nitrogens is 1. The molecule has 0 radical (unpaired) electrons. The van der Waals surface area contributed by atoms with Crippen LogP contribution >= 0.6 is 39.0 Å². The lowest BCUT2D eigenvalue weighted by atomic mass is 10.2. The fourth-order valence-corrected chi connectivity index (χ4v) is 4.31. The van der Waals surface area contributed by atoms with Crippen LogP contribution in [0.3, 0.4) is 0 Å². The molecule has 1 unspecified atom stereocenters. The summed E-state index contributed by atoms with van der Waals surface area (Å²) in [5, 5.41) is 5.39. The van der Waals surface area contributed by atoms with Gasteiger partial charge in [0, 0.05) is 34.7 Å². The van der Waals surface area contributed by atoms with Gasteiger partial charge in [0.1, 0.15) is 5.25 Å². The van der Waals surface area contributed by atoms with Gasteiger partial charge in [-0.1, -0.05) is 27.7 Å². The number of carbonyl (C=O) groups excluding carboxylic acids is 2. The molecule has 2 amide bonds. The predicted octanol–water partition coefficient (Wildman–Crippen LogP) is 3.89. The number of rotatable bonds is 5. The molecule has 1 aromatic heterocycles. The molecule has 6 nitrogen and oxygen atoms in total. The second-order valence-corrected chi connectivity index (χ2v) is 8.12. The monoisotopic (exact) mass is 438 g/mol. The third-order valence-electron chi connectivity index (χ3n) is 3.45. The van der Waals surface area contributed by atoms with Gasteiger partial charge in [0.2, 0.25) is 16.9 Å². The lowest BCUT2D eigenvalue weighted by molar-refractivity contribution is -0.128. The summed E-state index contributed by atoms with van der Waals surface area (Å²) in [7, 11) is 0. The molecule has 0 saturated carbocycles. The highest BCUT2D eigenvalue weighted by atomic mass is 79.9. The van der Waals surface area contributed by atoms with Crippen molar-refractivity contribution in [3.63, 3.8) is 0 Å². The van der Waals surface area contributed by atoms with Crippen LogP contribution in [-0.2, 0) is 9.59 Å². The quantitative estimate of drug-likeness (QED) is 0.767. The zero-order valence-corrected chi connectivity index (χ0v) is 16.5. The number of halogens is 1. The number of amides is 2. The molecular formula is C16H15BrN4O2S2. The van der Waals surface area contributed by atoms with Crippen molar-refractivity contribution in [2.24, 2.45) is 4.99 Å². The standard InChI is InChI=1S/C16H15BrN4O2S2/c1-2-21-14(23)12(25-16(21)20-15-18-7-8-24-15)9-13(22)19-11-5-3-10(17)4-6-11/h3-8,12H,2,9H2,1H3,(H,19,22). The first kappa shape index (κ1) is 18.1. The Morgan fingerprint density at radius 1 is 1.40 bits per heavy atom. The van der Waals surface area contributed by atoms with Crippen LogP contribution in [0, 0.1) is 0 Å². The topological polar surface area (TPSA) is 74.7 Å². The summed E-state index contributed by atoms with van der Waals surface area (Å²) in [6, 6.07) is 7.31. The smallest absolute Gasteiger partial charge is 0.242 e. The molecule has 1 aromatic carbocycles. The Kier molecular flexibility index (Phi) is 5.87. The zero-order valence-electron chi connectivity index (χ0n) is 13.3. The molecule has 9 heteroatoms. The first-order chi connectivity index (χ1) is 12.1. The summed E-state index contributed by atoms with van der Waals surface area (Å²) in [6.45, 7) is 2.40. The average Bonchev–Trinajstić information content (AvgIpc) is 3.19. The first-order valence-corrected chi connectivity index (χ1v) is 10.1. The molecule has 0 spiro atoms. The zero-order chi connectivity index (χ0) is 17.8. The van der Waals surface area contributed by atoms with Crippen LogP contribution in [0.2, 0.25) is 0 Å². The van der Waals surface area contributed by atoms with E-state index < -0.39 is 5.25 Å². The lowest BCUT2D eigenvalue weighted by Gasteiger charge is -2.12. The number of hydrogen-bond acceptors (Lipinski definition) is 6. The molecule has 0 bridgehead atoms. The maximum absolute atomic E-state index is 12.5. The number of thioether (sulfide) groups is 1. The van der Waals surface area contributed by atoms with Gasteiger partial charge in [-0.05, 0) is 31.2 Å². The minimum absolute atomic E-state index is 0.0891. The van der Waals surface area contributed by atoms with Crippen LogP contribution in [0.4, 0.5) is 10.8 Å². The Bertz CT molecular complexity index is 793. The Morgan fingerprint density at radius 3 is 2.80 bits per heavy atom. The number of anilines is 1. The average molecular weight is 439 g/mol. The number of benzene rings is 1. The molecule has 0 aliphatic carbocycles. The molecule has 1 saturated heterocycles. The molecule has 2 heterocycles. The van der Waals surface area contributed by atoms with Crippen LogP contribution in [0.5, 0.6) is 0 Å². The van der Waals surface area contributed by atoms with Gasteiger partial charge < -0.3 is 5.32 Å². The number of carbonyl (C=O) groups is 2. The van der Waals surface area contributed by atoms with E-state index in [1.807, 2.05) is 24.4 Å². The van der Waals surface area contributed by atoms with E-state index >= 15 is 0 Å². The molecular weight excluding hydrogens is 424 g/mol. The van der Waals surface area contributed by atoms with Crippen LogP contribution in [0.15, 0.2) is 45.3 Å². The van der Waals surface area contributed by atoms with Crippen molar-refractivity contribution < 1.29 is 9.59 Å². The van der Waals surface area contributed by atoms with E-state index in [9.17, 15) is 9.59 Å². The summed E-state index contributed by atoms with van der Waals surface area (Å²) < 4.78 is 0.939. The van der Waals surface area contributed by atoms with Gasteiger partial charge in [0.15, 0.2) is 5.17 Å². The van der Waals surface area contributed by atoms with Gasteiger partial charge >= 0.3 is 0 Å². The highest BCUT2D eigenvalue weighted by Gasteiger charge is 2.38. The van der Waals surface area contributed by atoms with E-state index in [0.29, 0.717) is 22.5 Å². The number of hydrogen-bond donors (Lipinski definition) is 1. The van der Waals surface area contributed by atoms with Gasteiger partial charge in [-0.25, -0.2) is 4.98 Å². The lowest BCUT2D eigenvalue weighted by Crippen LogP contribution is -2.33. The van der Waals surface area contributed by atoms with Gasteiger partial charge in [0.05, 0.1) is 0 Å². The molecule has 1 aliphatic rings. The van der Waals surface area contributed by atoms with Crippen molar-refractivity contribution in [1.82, 2.24) is 9.88 Å². The minimum Gasteiger partial charge on any atom is -0.326 e. The van der Waals surface area contributed by atoms with E-state index in [4.69, 9.17) is 0 Å². The van der Waals surface area contributed by atoms with Gasteiger partial charge in [-0.2, -0.15) is 4.99 Å². The summed E-state index contributed by atoms with van der Waals surface area (Å²) in [4.78, 5) is 34.9. The second kappa shape index (κ2) is 8.11. The van der Waals surface area contributed by atoms with E-state index in [1.165, 1.54) is 23.1 Å². The van der Waals surface area contributed by atoms with Gasteiger partial charge in [-0.15, -0.1) is 11.3 Å². The van der Waals surface area contributed by atoms with Crippen LogP contribution in [-0.4, -0.2) is 38.7 Å². The van der Waals surface area contributed by atoms with E-state index in [2.05, 4.69) is 31.2 Å². The van der Waals surface area contributed by atoms with Crippen molar-refractivity contribution in [3.8, 4) is 0 Å².